The van der Waals surface area contributed by atoms with Gasteiger partial charge >= 0.3 is 37.2 Å². The Morgan fingerprint density at radius 1 is 2.00 bits per heavy atom. The van der Waals surface area contributed by atoms with Gasteiger partial charge in [0, 0.05) is 0 Å². The van der Waals surface area contributed by atoms with Crippen LogP contribution in [-0.4, -0.2) is 21.0 Å². The fraction of sp³-hybridized carbons (Fsp3) is 1.00. The quantitative estimate of drug-likeness (QED) is 0.326. The van der Waals surface area contributed by atoms with Crippen LogP contribution in [0.4, 0.5) is 0 Å². The van der Waals surface area contributed by atoms with Crippen molar-refractivity contribution in [2.24, 2.45) is 4.30 Å². The molecule has 4 heteroatoms. The van der Waals surface area contributed by atoms with Gasteiger partial charge in [-0.05, 0) is 0 Å². The molecule has 0 unspecified atom stereocenters. The molecule has 0 saturated carbocycles. The summed E-state index contributed by atoms with van der Waals surface area (Å²) in [5, 5.41) is 0. The third-order valence-corrected chi connectivity index (χ3v) is 0.499. The fourth-order valence-corrected chi connectivity index (χ4v) is 0.183. The van der Waals surface area contributed by atoms with Crippen molar-refractivity contribution >= 4 is 26.6 Å². The minimum absolute atomic E-state index is 1.27. The van der Waals surface area contributed by atoms with E-state index in [0.29, 0.717) is 0 Å². The summed E-state index contributed by atoms with van der Waals surface area (Å²) in [5.74, 6) is 0. The van der Waals surface area contributed by atoms with Crippen molar-refractivity contribution in [1.82, 2.24) is 0 Å². The van der Waals surface area contributed by atoms with E-state index in [1.807, 2.05) is 6.26 Å². The molecular formula is CH3B2NS. The maximum absolute atomic E-state index is 4.83. The van der Waals surface area contributed by atoms with E-state index in [4.69, 9.17) is 7.74 Å². The second-order valence-corrected chi connectivity index (χ2v) is 1.01. The molecule has 0 amide bonds. The second-order valence-electron chi connectivity index (χ2n) is 0.437. The summed E-state index contributed by atoms with van der Waals surface area (Å²) in [6.07, 6.45) is 1.85. The molecule has 0 spiro atoms. The van der Waals surface area contributed by atoms with Crippen LogP contribution in [0.1, 0.15) is 0 Å². The Morgan fingerprint density at radius 3 is 2.60 bits per heavy atom. The van der Waals surface area contributed by atoms with Crippen LogP contribution < -0.4 is 0 Å². The molecule has 0 aromatic carbocycles. The van der Waals surface area contributed by atoms with E-state index < -0.39 is 0 Å². The van der Waals surface area contributed by atoms with Crippen LogP contribution in [0.25, 0.3) is 0 Å². The Labute approximate surface area is 38.0 Å². The minimum atomic E-state index is 1.27. The van der Waals surface area contributed by atoms with Crippen molar-refractivity contribution in [1.29, 1.82) is 0 Å². The molecule has 0 aromatic rings. The SMILES string of the molecule is [B]B=NSC. The first-order valence-corrected chi connectivity index (χ1v) is 2.36. The van der Waals surface area contributed by atoms with Gasteiger partial charge in [0.2, 0.25) is 0 Å². The first-order chi connectivity index (χ1) is 2.41. The van der Waals surface area contributed by atoms with Crippen LogP contribution in [0.15, 0.2) is 4.30 Å². The van der Waals surface area contributed by atoms with Gasteiger partial charge in [-0.3, -0.25) is 0 Å². The van der Waals surface area contributed by atoms with E-state index in [1.54, 1.807) is 0 Å². The average molecular weight is 82.7 g/mol. The average Bonchev–Trinajstić information content (AvgIpc) is 1.41. The molecule has 1 nitrogen and oxygen atoms in total. The normalized spacial score (nSPS) is 8.20. The molecule has 0 aliphatic heterocycles. The van der Waals surface area contributed by atoms with Gasteiger partial charge in [-0.15, -0.1) is 0 Å². The van der Waals surface area contributed by atoms with Crippen molar-refractivity contribution in [3.8, 4) is 0 Å². The van der Waals surface area contributed by atoms with E-state index in [-0.39, 0.29) is 0 Å². The maximum atomic E-state index is 4.83. The molecule has 0 saturated heterocycles. The summed E-state index contributed by atoms with van der Waals surface area (Å²) in [4.78, 5) is 0. The first kappa shape index (κ1) is 5.28. The zero-order valence-electron chi connectivity index (χ0n) is 3.01. The molecule has 24 valence electrons. The van der Waals surface area contributed by atoms with Crippen LogP contribution in [0.3, 0.4) is 0 Å². The molecule has 0 aliphatic rings. The summed E-state index contributed by atoms with van der Waals surface area (Å²) in [6.45, 7) is 1.27. The molecule has 0 atom stereocenters. The Kier molecular flexibility index (Phi) is 4.52. The van der Waals surface area contributed by atoms with Crippen molar-refractivity contribution in [2.75, 3.05) is 6.26 Å². The van der Waals surface area contributed by atoms with Crippen molar-refractivity contribution in [3.05, 3.63) is 0 Å². The first-order valence-electron chi connectivity index (χ1n) is 1.18. The Morgan fingerprint density at radius 2 is 2.60 bits per heavy atom. The molecule has 0 aliphatic carbocycles. The predicted molar refractivity (Wildman–Crippen MR) is 27.5 cm³/mol. The summed E-state index contributed by atoms with van der Waals surface area (Å²) < 4.78 is 3.54. The van der Waals surface area contributed by atoms with Gasteiger partial charge in [0.15, 0.2) is 0 Å². The van der Waals surface area contributed by atoms with Gasteiger partial charge in [-0.1, -0.05) is 0 Å². The fourth-order valence-electron chi connectivity index (χ4n) is 0.0609. The topological polar surface area (TPSA) is 12.4 Å². The number of hydrogen-bond acceptors (Lipinski definition) is 2. The predicted octanol–water partition coefficient (Wildman–Crippen LogP) is 0.236. The number of rotatable bonds is 1. The monoisotopic (exact) mass is 83.0 g/mol. The van der Waals surface area contributed by atoms with Crippen LogP contribution >= 0.6 is 11.9 Å². The zero-order chi connectivity index (χ0) is 4.12. The standard InChI is InChI=1S/CH3B2NS/c1-5-4-3-2/h1H3. The van der Waals surface area contributed by atoms with Crippen molar-refractivity contribution < 1.29 is 0 Å². The number of nitrogens with zero attached hydrogens (tertiary/aromatic N) is 1. The Balaban J connectivity index is 2.62. The van der Waals surface area contributed by atoms with Crippen LogP contribution in [0.2, 0.25) is 0 Å². The van der Waals surface area contributed by atoms with E-state index in [2.05, 4.69) is 4.30 Å². The van der Waals surface area contributed by atoms with E-state index in [0.717, 1.165) is 0 Å². The molecule has 0 fully saturated rings. The van der Waals surface area contributed by atoms with Gasteiger partial charge in [0.1, 0.15) is 0 Å². The zero-order valence-corrected chi connectivity index (χ0v) is 3.83. The van der Waals surface area contributed by atoms with E-state index in [1.165, 1.54) is 18.9 Å². The van der Waals surface area contributed by atoms with Gasteiger partial charge in [-0.25, -0.2) is 0 Å². The van der Waals surface area contributed by atoms with Gasteiger partial charge in [0.05, 0.1) is 0 Å². The molecule has 0 aromatic heterocycles. The van der Waals surface area contributed by atoms with Crippen molar-refractivity contribution in [2.45, 2.75) is 0 Å². The van der Waals surface area contributed by atoms with Crippen LogP contribution in [0.5, 0.6) is 0 Å². The van der Waals surface area contributed by atoms with E-state index >= 15 is 0 Å². The van der Waals surface area contributed by atoms with E-state index in [9.17, 15) is 0 Å². The van der Waals surface area contributed by atoms with Gasteiger partial charge in [0.25, 0.3) is 0 Å². The summed E-state index contributed by atoms with van der Waals surface area (Å²) >= 11 is 1.35. The Hall–Kier alpha value is 0.280. The van der Waals surface area contributed by atoms with Gasteiger partial charge < -0.3 is 0 Å². The summed E-state index contributed by atoms with van der Waals surface area (Å²) in [7, 11) is 4.83. The molecule has 0 bridgehead atoms. The van der Waals surface area contributed by atoms with Crippen LogP contribution in [-0.2, 0) is 0 Å². The van der Waals surface area contributed by atoms with Gasteiger partial charge in [-0.2, -0.15) is 0 Å². The third kappa shape index (κ3) is 4.28. The molecular weight excluding hydrogens is 79.7 g/mol. The molecule has 5 heavy (non-hydrogen) atoms. The second kappa shape index (κ2) is 4.28. The third-order valence-electron chi connectivity index (χ3n) is 0.166. The molecule has 2 radical (unpaired) electrons. The summed E-state index contributed by atoms with van der Waals surface area (Å²) in [6, 6.07) is 0. The van der Waals surface area contributed by atoms with Crippen molar-refractivity contribution in [3.63, 3.8) is 0 Å². The number of hydrogen-bond donors (Lipinski definition) is 0. The molecule has 0 heterocycles. The molecule has 0 rings (SSSR count). The molecule has 0 N–H and O–H groups in total. The van der Waals surface area contributed by atoms with Crippen LogP contribution in [0, 0.1) is 0 Å². The summed E-state index contributed by atoms with van der Waals surface area (Å²) in [5.41, 5.74) is 0. The Bertz CT molecular complexity index is 36.6.